The molecule has 1 atom stereocenters. The van der Waals surface area contributed by atoms with E-state index in [1.807, 2.05) is 24.3 Å². The fourth-order valence-electron chi connectivity index (χ4n) is 3.24. The van der Waals surface area contributed by atoms with E-state index in [0.29, 0.717) is 11.3 Å². The molecule has 0 N–H and O–H groups in total. The molecule has 0 radical (unpaired) electrons. The number of esters is 1. The molecule has 172 valence electrons. The molecule has 4 rings (SSSR count). The maximum Gasteiger partial charge on any atom is 0.416 e. The number of benzene rings is 3. The van der Waals surface area contributed by atoms with E-state index in [1.54, 1.807) is 12.1 Å². The van der Waals surface area contributed by atoms with Crippen molar-refractivity contribution < 1.29 is 36.6 Å². The van der Waals surface area contributed by atoms with E-state index in [-0.39, 0.29) is 19.0 Å². The molecule has 0 saturated heterocycles. The average Bonchev–Trinajstić information content (AvgIpc) is 3.12. The number of carbonyl (C=O) groups excluding carboxylic acids is 1. The second-order valence-corrected chi connectivity index (χ2v) is 8.12. The van der Waals surface area contributed by atoms with Crippen LogP contribution in [0.25, 0.3) is 21.9 Å². The maximum absolute atomic E-state index is 12.7. The van der Waals surface area contributed by atoms with Crippen LogP contribution in [0.5, 0.6) is 11.5 Å². The van der Waals surface area contributed by atoms with Gasteiger partial charge < -0.3 is 18.6 Å². The van der Waals surface area contributed by atoms with E-state index < -0.39 is 23.8 Å². The number of rotatable bonds is 7. The third-order valence-electron chi connectivity index (χ3n) is 4.81. The van der Waals surface area contributed by atoms with Crippen molar-refractivity contribution >= 4 is 43.8 Å². The Labute approximate surface area is 195 Å². The molecule has 9 heteroatoms. The summed E-state index contributed by atoms with van der Waals surface area (Å²) >= 11 is 3.41. The first-order chi connectivity index (χ1) is 15.7. The van der Waals surface area contributed by atoms with Gasteiger partial charge in [-0.05, 0) is 55.5 Å². The van der Waals surface area contributed by atoms with Gasteiger partial charge in [-0.2, -0.15) is 13.2 Å². The number of hydrogen-bond donors (Lipinski definition) is 0. The zero-order chi connectivity index (χ0) is 23.6. The highest BCUT2D eigenvalue weighted by Crippen LogP contribution is 2.33. The Morgan fingerprint density at radius 1 is 0.970 bits per heavy atom. The molecule has 0 fully saturated rings. The molecule has 0 aliphatic rings. The zero-order valence-electron chi connectivity index (χ0n) is 17.3. The first-order valence-corrected chi connectivity index (χ1v) is 10.8. The zero-order valence-corrected chi connectivity index (χ0v) is 18.9. The Kier molecular flexibility index (Phi) is 6.51. The van der Waals surface area contributed by atoms with Crippen LogP contribution in [-0.2, 0) is 15.7 Å². The van der Waals surface area contributed by atoms with Crippen molar-refractivity contribution in [1.29, 1.82) is 0 Å². The molecule has 0 amide bonds. The van der Waals surface area contributed by atoms with Gasteiger partial charge in [0.05, 0.1) is 5.56 Å². The number of ether oxygens (including phenoxy) is 3. The third-order valence-corrected chi connectivity index (χ3v) is 5.30. The molecule has 1 aromatic heterocycles. The van der Waals surface area contributed by atoms with E-state index in [1.165, 1.54) is 19.1 Å². The molecule has 0 aliphatic carbocycles. The number of halogens is 4. The molecular formula is C24H18BrF3O5. The lowest BCUT2D eigenvalue weighted by Crippen LogP contribution is -2.27. The SMILES string of the molecule is CC(Oc1ccc2c(c1)oc1cc(Br)ccc12)C(=O)OCCOc1cccc(C(F)(F)F)c1. The van der Waals surface area contributed by atoms with Crippen molar-refractivity contribution in [1.82, 2.24) is 0 Å². The molecule has 1 unspecified atom stereocenters. The van der Waals surface area contributed by atoms with Gasteiger partial charge in [0.15, 0.2) is 6.10 Å². The lowest BCUT2D eigenvalue weighted by molar-refractivity contribution is -0.151. The van der Waals surface area contributed by atoms with E-state index in [2.05, 4.69) is 15.9 Å². The smallest absolute Gasteiger partial charge is 0.416 e. The molecule has 1 heterocycles. The number of fused-ring (bicyclic) bond motifs is 3. The Balaban J connectivity index is 1.30. The Morgan fingerprint density at radius 3 is 2.45 bits per heavy atom. The minimum Gasteiger partial charge on any atom is -0.490 e. The van der Waals surface area contributed by atoms with Gasteiger partial charge in [0, 0.05) is 21.3 Å². The molecule has 33 heavy (non-hydrogen) atoms. The summed E-state index contributed by atoms with van der Waals surface area (Å²) in [5.41, 5.74) is 0.536. The Morgan fingerprint density at radius 2 is 1.70 bits per heavy atom. The van der Waals surface area contributed by atoms with Crippen LogP contribution in [0.4, 0.5) is 13.2 Å². The topological polar surface area (TPSA) is 57.9 Å². The molecule has 0 saturated carbocycles. The van der Waals surface area contributed by atoms with Gasteiger partial charge in [-0.3, -0.25) is 0 Å². The monoisotopic (exact) mass is 522 g/mol. The highest BCUT2D eigenvalue weighted by Gasteiger charge is 2.30. The standard InChI is InChI=1S/C24H18BrF3O5/c1-14(23(29)31-10-9-30-17-4-2-3-15(11-17)24(26,27)28)32-18-6-8-20-19-7-5-16(25)12-21(19)33-22(20)13-18/h2-8,11-14H,9-10H2,1H3. The summed E-state index contributed by atoms with van der Waals surface area (Å²) in [7, 11) is 0. The molecule has 5 nitrogen and oxygen atoms in total. The highest BCUT2D eigenvalue weighted by molar-refractivity contribution is 9.10. The third kappa shape index (κ3) is 5.42. The number of furan rings is 1. The van der Waals surface area contributed by atoms with Crippen molar-refractivity contribution in [2.24, 2.45) is 0 Å². The lowest BCUT2D eigenvalue weighted by Gasteiger charge is -2.14. The average molecular weight is 523 g/mol. The van der Waals surface area contributed by atoms with Gasteiger partial charge >= 0.3 is 12.1 Å². The van der Waals surface area contributed by atoms with Crippen LogP contribution in [0, 0.1) is 0 Å². The van der Waals surface area contributed by atoms with Gasteiger partial charge in [-0.25, -0.2) is 4.79 Å². The van der Waals surface area contributed by atoms with Gasteiger partial charge in [0.25, 0.3) is 0 Å². The van der Waals surface area contributed by atoms with Gasteiger partial charge in [0.1, 0.15) is 35.9 Å². The van der Waals surface area contributed by atoms with Crippen molar-refractivity contribution in [3.63, 3.8) is 0 Å². The first kappa shape index (κ1) is 23.0. The van der Waals surface area contributed by atoms with Crippen LogP contribution < -0.4 is 9.47 Å². The molecular weight excluding hydrogens is 505 g/mol. The molecule has 0 aliphatic heterocycles. The van der Waals surface area contributed by atoms with Gasteiger partial charge in [-0.15, -0.1) is 0 Å². The van der Waals surface area contributed by atoms with Crippen LogP contribution in [0.15, 0.2) is 69.6 Å². The second kappa shape index (κ2) is 9.35. The Bertz CT molecular complexity index is 1300. The maximum atomic E-state index is 12.7. The summed E-state index contributed by atoms with van der Waals surface area (Å²) in [5, 5.41) is 1.89. The van der Waals surface area contributed by atoms with Gasteiger partial charge in [0.2, 0.25) is 0 Å². The molecule has 0 bridgehead atoms. The summed E-state index contributed by atoms with van der Waals surface area (Å²) in [6.07, 6.45) is -5.37. The summed E-state index contributed by atoms with van der Waals surface area (Å²) < 4.78 is 61.0. The van der Waals surface area contributed by atoms with Crippen LogP contribution in [0.2, 0.25) is 0 Å². The largest absolute Gasteiger partial charge is 0.490 e. The van der Waals surface area contributed by atoms with Crippen molar-refractivity contribution in [3.8, 4) is 11.5 Å². The van der Waals surface area contributed by atoms with Crippen molar-refractivity contribution in [3.05, 3.63) is 70.7 Å². The summed E-state index contributed by atoms with van der Waals surface area (Å²) in [6.45, 7) is 1.30. The quantitative estimate of drug-likeness (QED) is 0.198. The first-order valence-electron chi connectivity index (χ1n) is 9.96. The highest BCUT2D eigenvalue weighted by atomic mass is 79.9. The van der Waals surface area contributed by atoms with Crippen LogP contribution in [-0.4, -0.2) is 25.3 Å². The van der Waals surface area contributed by atoms with Crippen molar-refractivity contribution in [2.75, 3.05) is 13.2 Å². The van der Waals surface area contributed by atoms with Crippen LogP contribution in [0.1, 0.15) is 12.5 Å². The second-order valence-electron chi connectivity index (χ2n) is 7.20. The van der Waals surface area contributed by atoms with Crippen LogP contribution >= 0.6 is 15.9 Å². The van der Waals surface area contributed by atoms with Gasteiger partial charge in [-0.1, -0.05) is 22.0 Å². The molecule has 4 aromatic rings. The predicted octanol–water partition coefficient (Wildman–Crippen LogP) is 6.76. The van der Waals surface area contributed by atoms with E-state index in [9.17, 15) is 18.0 Å². The number of hydrogen-bond acceptors (Lipinski definition) is 5. The summed E-state index contributed by atoms with van der Waals surface area (Å²) in [4.78, 5) is 12.2. The van der Waals surface area contributed by atoms with Crippen LogP contribution in [0.3, 0.4) is 0 Å². The van der Waals surface area contributed by atoms with E-state index in [0.717, 1.165) is 33.0 Å². The Hall–Kier alpha value is -3.20. The predicted molar refractivity (Wildman–Crippen MR) is 119 cm³/mol. The minimum absolute atomic E-state index is 0.0383. The number of carbonyl (C=O) groups is 1. The van der Waals surface area contributed by atoms with E-state index >= 15 is 0 Å². The summed E-state index contributed by atoms with van der Waals surface area (Å²) in [6, 6.07) is 15.5. The van der Waals surface area contributed by atoms with E-state index in [4.69, 9.17) is 18.6 Å². The summed E-state index contributed by atoms with van der Waals surface area (Å²) in [5.74, 6) is -0.155. The minimum atomic E-state index is -4.46. The van der Waals surface area contributed by atoms with Crippen molar-refractivity contribution in [2.45, 2.75) is 19.2 Å². The molecule has 3 aromatic carbocycles. The molecule has 0 spiro atoms. The lowest BCUT2D eigenvalue weighted by atomic mass is 10.1. The fourth-order valence-corrected chi connectivity index (χ4v) is 3.58. The fraction of sp³-hybridized carbons (Fsp3) is 0.208. The number of alkyl halides is 3. The normalized spacial score (nSPS) is 12.6.